The largest absolute Gasteiger partial charge is 0.493 e. The van der Waals surface area contributed by atoms with Crippen LogP contribution in [-0.4, -0.2) is 57.9 Å². The molecule has 0 aliphatic carbocycles. The Hall–Kier alpha value is -3.72. The molecule has 3 aromatic rings. The van der Waals surface area contributed by atoms with Crippen molar-refractivity contribution in [3.63, 3.8) is 0 Å². The number of benzene rings is 2. The van der Waals surface area contributed by atoms with Gasteiger partial charge in [-0.15, -0.1) is 0 Å². The molecule has 4 rings (SSSR count). The van der Waals surface area contributed by atoms with Gasteiger partial charge in [-0.3, -0.25) is 4.90 Å². The summed E-state index contributed by atoms with van der Waals surface area (Å²) in [4.78, 5) is 17.2. The fourth-order valence-electron chi connectivity index (χ4n) is 4.18. The van der Waals surface area contributed by atoms with E-state index in [1.807, 2.05) is 12.1 Å². The number of hydrogen-bond donors (Lipinski definition) is 2. The number of ether oxygens (including phenoxy) is 2. The van der Waals surface area contributed by atoms with Crippen LogP contribution in [0.4, 0.5) is 20.6 Å². The molecule has 2 N–H and O–H groups in total. The van der Waals surface area contributed by atoms with Gasteiger partial charge in [-0.05, 0) is 48.5 Å². The molecule has 34 heavy (non-hydrogen) atoms. The molecular formula is C25H29FN4O4. The normalized spacial score (nSPS) is 15.0. The highest BCUT2D eigenvalue weighted by Gasteiger charge is 2.27. The number of hydrogen-bond acceptors (Lipinski definition) is 6. The van der Waals surface area contributed by atoms with Crippen LogP contribution in [0.25, 0.3) is 0 Å². The van der Waals surface area contributed by atoms with Crippen LogP contribution in [-0.2, 0) is 0 Å². The number of carbonyl (C=O) groups is 1. The molecule has 0 bridgehead atoms. The molecule has 8 nitrogen and oxygen atoms in total. The Morgan fingerprint density at radius 3 is 2.44 bits per heavy atom. The molecule has 1 saturated heterocycles. The quantitative estimate of drug-likeness (QED) is 0.518. The lowest BCUT2D eigenvalue weighted by atomic mass is 10.1. The van der Waals surface area contributed by atoms with Crippen LogP contribution in [0, 0.1) is 5.82 Å². The number of amides is 2. The van der Waals surface area contributed by atoms with Gasteiger partial charge in [-0.1, -0.05) is 6.07 Å². The van der Waals surface area contributed by atoms with Crippen molar-refractivity contribution in [2.45, 2.75) is 6.04 Å². The van der Waals surface area contributed by atoms with Gasteiger partial charge in [0, 0.05) is 38.4 Å². The van der Waals surface area contributed by atoms with Crippen molar-refractivity contribution in [3.05, 3.63) is 72.4 Å². The van der Waals surface area contributed by atoms with Gasteiger partial charge in [-0.2, -0.15) is 0 Å². The maximum atomic E-state index is 13.3. The van der Waals surface area contributed by atoms with Gasteiger partial charge in [0.1, 0.15) is 11.6 Å². The lowest BCUT2D eigenvalue weighted by Gasteiger charge is -2.39. The summed E-state index contributed by atoms with van der Waals surface area (Å²) in [6, 6.07) is 15.1. The van der Waals surface area contributed by atoms with E-state index < -0.39 is 0 Å². The number of furan rings is 1. The summed E-state index contributed by atoms with van der Waals surface area (Å²) >= 11 is 0. The summed E-state index contributed by atoms with van der Waals surface area (Å²) in [5.41, 5.74) is 1.52. The maximum absolute atomic E-state index is 13.3. The van der Waals surface area contributed by atoms with Gasteiger partial charge >= 0.3 is 6.03 Å². The third-order valence-corrected chi connectivity index (χ3v) is 5.93. The Morgan fingerprint density at radius 1 is 1.03 bits per heavy atom. The Labute approximate surface area is 198 Å². The van der Waals surface area contributed by atoms with Crippen LogP contribution in [0.2, 0.25) is 0 Å². The first-order valence-corrected chi connectivity index (χ1v) is 11.1. The predicted molar refractivity (Wildman–Crippen MR) is 128 cm³/mol. The monoisotopic (exact) mass is 468 g/mol. The number of carbonyl (C=O) groups excluding carboxylic acids is 1. The van der Waals surface area contributed by atoms with Gasteiger partial charge in [0.2, 0.25) is 0 Å². The van der Waals surface area contributed by atoms with Crippen molar-refractivity contribution >= 4 is 17.4 Å². The van der Waals surface area contributed by atoms with Crippen LogP contribution in [0.5, 0.6) is 11.5 Å². The van der Waals surface area contributed by atoms with Gasteiger partial charge < -0.3 is 29.4 Å². The zero-order valence-corrected chi connectivity index (χ0v) is 19.3. The van der Waals surface area contributed by atoms with E-state index in [1.165, 1.54) is 19.2 Å². The standard InChI is InChI=1S/C25H29FN4O4/c1-32-23-6-3-5-20(24(23)33-2)28-25(31)27-17-21(22-7-4-16-34-22)30-14-12-29(13-15-30)19-10-8-18(26)9-11-19/h3-11,16,21H,12-15,17H2,1-2H3,(H2,27,28,31). The van der Waals surface area contributed by atoms with Crippen LogP contribution < -0.4 is 25.0 Å². The molecule has 1 aliphatic heterocycles. The molecule has 180 valence electrons. The van der Waals surface area contributed by atoms with E-state index in [-0.39, 0.29) is 17.9 Å². The third-order valence-electron chi connectivity index (χ3n) is 5.93. The van der Waals surface area contributed by atoms with E-state index in [4.69, 9.17) is 13.9 Å². The summed E-state index contributed by atoms with van der Waals surface area (Å²) in [5.74, 6) is 1.54. The number of methoxy groups -OCH3 is 2. The lowest BCUT2D eigenvalue weighted by molar-refractivity contribution is 0.162. The average molecular weight is 469 g/mol. The molecule has 0 radical (unpaired) electrons. The van der Waals surface area contributed by atoms with E-state index in [2.05, 4.69) is 20.4 Å². The summed E-state index contributed by atoms with van der Waals surface area (Å²) < 4.78 is 29.6. The molecule has 1 atom stereocenters. The molecule has 9 heteroatoms. The zero-order chi connectivity index (χ0) is 23.9. The summed E-state index contributed by atoms with van der Waals surface area (Å²) in [7, 11) is 3.07. The highest BCUT2D eigenvalue weighted by atomic mass is 19.1. The van der Waals surface area contributed by atoms with Gasteiger partial charge in [0.15, 0.2) is 11.5 Å². The number of rotatable bonds is 8. The van der Waals surface area contributed by atoms with E-state index in [9.17, 15) is 9.18 Å². The number of para-hydroxylation sites is 1. The number of nitrogens with one attached hydrogen (secondary N) is 2. The first-order chi connectivity index (χ1) is 16.6. The van der Waals surface area contributed by atoms with Crippen LogP contribution in [0.3, 0.4) is 0 Å². The minimum Gasteiger partial charge on any atom is -0.493 e. The first-order valence-electron chi connectivity index (χ1n) is 11.1. The van der Waals surface area contributed by atoms with E-state index in [1.54, 1.807) is 43.7 Å². The molecule has 2 heterocycles. The SMILES string of the molecule is COc1cccc(NC(=O)NCC(c2ccco2)N2CCN(c3ccc(F)cc3)CC2)c1OC. The second-order valence-corrected chi connectivity index (χ2v) is 7.91. The predicted octanol–water partition coefficient (Wildman–Crippen LogP) is 4.12. The highest BCUT2D eigenvalue weighted by molar-refractivity contribution is 5.91. The van der Waals surface area contributed by atoms with Crippen LogP contribution >= 0.6 is 0 Å². The van der Waals surface area contributed by atoms with Crippen molar-refractivity contribution in [1.82, 2.24) is 10.2 Å². The number of halogens is 1. The fraction of sp³-hybridized carbons (Fsp3) is 0.320. The number of anilines is 2. The van der Waals surface area contributed by atoms with Crippen molar-refractivity contribution in [3.8, 4) is 11.5 Å². The van der Waals surface area contributed by atoms with Crippen molar-refractivity contribution in [1.29, 1.82) is 0 Å². The Kier molecular flexibility index (Phi) is 7.54. The van der Waals surface area contributed by atoms with Crippen LogP contribution in [0.15, 0.2) is 65.3 Å². The van der Waals surface area contributed by atoms with Crippen LogP contribution in [0.1, 0.15) is 11.8 Å². The van der Waals surface area contributed by atoms with Gasteiger partial charge in [0.05, 0.1) is 32.2 Å². The summed E-state index contributed by atoms with van der Waals surface area (Å²) in [5, 5.41) is 5.78. The number of nitrogens with zero attached hydrogens (tertiary/aromatic N) is 2. The molecule has 0 saturated carbocycles. The Bertz CT molecular complexity index is 1070. The van der Waals surface area contributed by atoms with Gasteiger partial charge in [-0.25, -0.2) is 9.18 Å². The molecule has 1 fully saturated rings. The average Bonchev–Trinajstić information content (AvgIpc) is 3.39. The second kappa shape index (κ2) is 10.9. The molecular weight excluding hydrogens is 439 g/mol. The van der Waals surface area contributed by atoms with E-state index in [0.717, 1.165) is 37.6 Å². The molecule has 0 spiro atoms. The summed E-state index contributed by atoms with van der Waals surface area (Å²) in [6.45, 7) is 3.49. The lowest BCUT2D eigenvalue weighted by Crippen LogP contribution is -2.50. The van der Waals surface area contributed by atoms with Crippen molar-refractivity contribution in [2.24, 2.45) is 0 Å². The minimum absolute atomic E-state index is 0.122. The molecule has 2 aromatic carbocycles. The molecule has 1 aromatic heterocycles. The molecule has 2 amide bonds. The third kappa shape index (κ3) is 5.43. The number of urea groups is 1. The number of piperazine rings is 1. The van der Waals surface area contributed by atoms with Crippen molar-refractivity contribution < 1.29 is 23.1 Å². The van der Waals surface area contributed by atoms with Gasteiger partial charge in [0.25, 0.3) is 0 Å². The maximum Gasteiger partial charge on any atom is 0.319 e. The van der Waals surface area contributed by atoms with E-state index >= 15 is 0 Å². The molecule has 1 unspecified atom stereocenters. The highest BCUT2D eigenvalue weighted by Crippen LogP contribution is 2.34. The minimum atomic E-state index is -0.354. The van der Waals surface area contributed by atoms with E-state index in [0.29, 0.717) is 23.7 Å². The zero-order valence-electron chi connectivity index (χ0n) is 19.3. The second-order valence-electron chi connectivity index (χ2n) is 7.91. The summed E-state index contributed by atoms with van der Waals surface area (Å²) in [6.07, 6.45) is 1.64. The topological polar surface area (TPSA) is 79.2 Å². The van der Waals surface area contributed by atoms with Crippen molar-refractivity contribution in [2.75, 3.05) is 57.2 Å². The smallest absolute Gasteiger partial charge is 0.319 e. The Morgan fingerprint density at radius 2 is 1.79 bits per heavy atom. The fourth-order valence-corrected chi connectivity index (χ4v) is 4.18. The molecule has 1 aliphatic rings. The first kappa shape index (κ1) is 23.4. The Balaban J connectivity index is 1.38.